The number of rotatable bonds is 6. The summed E-state index contributed by atoms with van der Waals surface area (Å²) >= 11 is 7.16. The zero-order valence-electron chi connectivity index (χ0n) is 15.8. The second-order valence-corrected chi connectivity index (χ2v) is 7.44. The molecule has 0 aliphatic carbocycles. The highest BCUT2D eigenvalue weighted by atomic mass is 35.5. The summed E-state index contributed by atoms with van der Waals surface area (Å²) in [4.78, 5) is 33.1. The van der Waals surface area contributed by atoms with Gasteiger partial charge >= 0.3 is 5.97 Å². The van der Waals surface area contributed by atoms with Gasteiger partial charge in [-0.25, -0.2) is 14.8 Å². The van der Waals surface area contributed by atoms with E-state index >= 15 is 0 Å². The lowest BCUT2D eigenvalue weighted by Crippen LogP contribution is -2.17. The molecule has 6 nitrogen and oxygen atoms in total. The van der Waals surface area contributed by atoms with Gasteiger partial charge in [0.25, 0.3) is 0 Å². The maximum atomic E-state index is 12.4. The van der Waals surface area contributed by atoms with Crippen molar-refractivity contribution in [2.75, 3.05) is 18.2 Å². The summed E-state index contributed by atoms with van der Waals surface area (Å²) in [5, 5.41) is 3.88. The van der Waals surface area contributed by atoms with Crippen molar-refractivity contribution in [1.82, 2.24) is 9.97 Å². The Morgan fingerprint density at radius 1 is 1.10 bits per heavy atom. The van der Waals surface area contributed by atoms with E-state index in [1.165, 1.54) is 18.9 Å². The van der Waals surface area contributed by atoms with Gasteiger partial charge in [-0.15, -0.1) is 0 Å². The van der Waals surface area contributed by atoms with E-state index in [4.69, 9.17) is 16.3 Å². The molecule has 1 aromatic heterocycles. The molecule has 1 heterocycles. The molecule has 0 bridgehead atoms. The van der Waals surface area contributed by atoms with Crippen molar-refractivity contribution in [2.24, 2.45) is 0 Å². The number of halogens is 1. The van der Waals surface area contributed by atoms with E-state index in [1.54, 1.807) is 36.4 Å². The Morgan fingerprint density at radius 2 is 1.83 bits per heavy atom. The van der Waals surface area contributed by atoms with Crippen molar-refractivity contribution in [2.45, 2.75) is 12.1 Å². The van der Waals surface area contributed by atoms with Crippen molar-refractivity contribution >= 4 is 40.9 Å². The van der Waals surface area contributed by atoms with Crippen LogP contribution in [0.25, 0.3) is 11.3 Å². The number of carbonyl (C=O) groups excluding carboxylic acids is 2. The van der Waals surface area contributed by atoms with Crippen LogP contribution in [0.1, 0.15) is 16.1 Å². The Hall–Kier alpha value is -2.90. The van der Waals surface area contributed by atoms with Crippen LogP contribution in [-0.4, -0.2) is 34.7 Å². The van der Waals surface area contributed by atoms with Crippen molar-refractivity contribution < 1.29 is 14.3 Å². The molecular weight excluding hydrogens is 410 g/mol. The lowest BCUT2D eigenvalue weighted by molar-refractivity contribution is -0.113. The molecule has 3 rings (SSSR count). The van der Waals surface area contributed by atoms with Gasteiger partial charge in [-0.2, -0.15) is 0 Å². The quantitative estimate of drug-likeness (QED) is 0.351. The molecule has 3 aromatic rings. The fourth-order valence-corrected chi connectivity index (χ4v) is 3.40. The first-order chi connectivity index (χ1) is 14.0. The van der Waals surface area contributed by atoms with Gasteiger partial charge in [0.15, 0.2) is 5.16 Å². The summed E-state index contributed by atoms with van der Waals surface area (Å²) in [6.45, 7) is 1.87. The molecule has 1 amide bonds. The van der Waals surface area contributed by atoms with Gasteiger partial charge < -0.3 is 10.1 Å². The molecule has 29 heavy (non-hydrogen) atoms. The number of ether oxygens (including phenoxy) is 1. The molecule has 0 saturated carbocycles. The number of nitrogens with zero attached hydrogens (tertiary/aromatic N) is 2. The molecule has 0 radical (unpaired) electrons. The highest BCUT2D eigenvalue weighted by Gasteiger charge is 2.14. The van der Waals surface area contributed by atoms with Crippen LogP contribution >= 0.6 is 23.4 Å². The monoisotopic (exact) mass is 427 g/mol. The summed E-state index contributed by atoms with van der Waals surface area (Å²) < 4.78 is 4.74. The Labute approximate surface area is 177 Å². The van der Waals surface area contributed by atoms with E-state index in [0.29, 0.717) is 21.4 Å². The van der Waals surface area contributed by atoms with Gasteiger partial charge in [0.05, 0.1) is 29.8 Å². The van der Waals surface area contributed by atoms with Crippen LogP contribution in [0, 0.1) is 6.92 Å². The summed E-state index contributed by atoms with van der Waals surface area (Å²) in [7, 11) is 1.30. The first kappa shape index (κ1) is 20.8. The van der Waals surface area contributed by atoms with Crippen LogP contribution in [-0.2, 0) is 9.53 Å². The number of anilines is 1. The minimum absolute atomic E-state index is 0.0962. The third-order valence-corrected chi connectivity index (χ3v) is 5.01. The number of amides is 1. The number of aryl methyl sites for hydroxylation is 1. The topological polar surface area (TPSA) is 81.2 Å². The SMILES string of the molecule is COC(=O)c1ccccc1NC(=O)CSc1nc(C)cc(-c2ccc(Cl)cc2)n1. The van der Waals surface area contributed by atoms with Crippen LogP contribution in [0.3, 0.4) is 0 Å². The normalized spacial score (nSPS) is 10.4. The average molecular weight is 428 g/mol. The van der Waals surface area contributed by atoms with Gasteiger partial charge in [-0.1, -0.05) is 47.6 Å². The Bertz CT molecular complexity index is 1040. The number of carbonyl (C=O) groups is 2. The highest BCUT2D eigenvalue weighted by molar-refractivity contribution is 7.99. The van der Waals surface area contributed by atoms with Gasteiger partial charge in [-0.05, 0) is 37.3 Å². The van der Waals surface area contributed by atoms with E-state index in [9.17, 15) is 9.59 Å². The molecule has 0 spiro atoms. The zero-order chi connectivity index (χ0) is 20.8. The molecular formula is C21H18ClN3O3S. The number of thioether (sulfide) groups is 1. The number of hydrogen-bond acceptors (Lipinski definition) is 6. The van der Waals surface area contributed by atoms with Gasteiger partial charge in [0.2, 0.25) is 5.91 Å². The van der Waals surface area contributed by atoms with E-state index in [-0.39, 0.29) is 11.7 Å². The predicted molar refractivity (Wildman–Crippen MR) is 114 cm³/mol. The van der Waals surface area contributed by atoms with Gasteiger partial charge in [0, 0.05) is 16.3 Å². The maximum absolute atomic E-state index is 12.4. The Kier molecular flexibility index (Phi) is 6.85. The van der Waals surface area contributed by atoms with Crippen LogP contribution in [0.5, 0.6) is 0 Å². The summed E-state index contributed by atoms with van der Waals surface area (Å²) in [5.41, 5.74) is 3.16. The van der Waals surface area contributed by atoms with Crippen LogP contribution in [0.15, 0.2) is 59.8 Å². The predicted octanol–water partition coefficient (Wildman–Crippen LogP) is 4.62. The standard InChI is InChI=1S/C21H18ClN3O3S/c1-13-11-18(14-7-9-15(22)10-8-14)25-21(23-13)29-12-19(26)24-17-6-4-3-5-16(17)20(27)28-2/h3-11H,12H2,1-2H3,(H,24,26). The third-order valence-electron chi connectivity index (χ3n) is 3.91. The number of esters is 1. The molecule has 2 aromatic carbocycles. The second kappa shape index (κ2) is 9.54. The Balaban J connectivity index is 1.70. The molecule has 0 aliphatic rings. The minimum atomic E-state index is -0.511. The molecule has 1 N–H and O–H groups in total. The van der Waals surface area contributed by atoms with E-state index in [2.05, 4.69) is 15.3 Å². The largest absolute Gasteiger partial charge is 0.465 e. The van der Waals surface area contributed by atoms with E-state index in [1.807, 2.05) is 25.1 Å². The summed E-state index contributed by atoms with van der Waals surface area (Å²) in [5.74, 6) is -0.688. The fraction of sp³-hybridized carbons (Fsp3) is 0.143. The average Bonchev–Trinajstić information content (AvgIpc) is 2.72. The fourth-order valence-electron chi connectivity index (χ4n) is 2.57. The third kappa shape index (κ3) is 5.56. The molecule has 0 aliphatic heterocycles. The first-order valence-corrected chi connectivity index (χ1v) is 10.0. The van der Waals surface area contributed by atoms with E-state index < -0.39 is 5.97 Å². The Morgan fingerprint density at radius 3 is 2.55 bits per heavy atom. The number of aromatic nitrogens is 2. The summed E-state index contributed by atoms with van der Waals surface area (Å²) in [6.07, 6.45) is 0. The molecule has 0 unspecified atom stereocenters. The molecule has 0 fully saturated rings. The number of para-hydroxylation sites is 1. The number of benzene rings is 2. The van der Waals surface area contributed by atoms with Crippen molar-refractivity contribution in [3.8, 4) is 11.3 Å². The molecule has 148 valence electrons. The minimum Gasteiger partial charge on any atom is -0.465 e. The van der Waals surface area contributed by atoms with Crippen molar-refractivity contribution in [3.63, 3.8) is 0 Å². The van der Waals surface area contributed by atoms with Crippen LogP contribution in [0.2, 0.25) is 5.02 Å². The highest BCUT2D eigenvalue weighted by Crippen LogP contribution is 2.24. The number of hydrogen-bond donors (Lipinski definition) is 1. The first-order valence-electron chi connectivity index (χ1n) is 8.68. The lowest BCUT2D eigenvalue weighted by atomic mass is 10.1. The smallest absolute Gasteiger partial charge is 0.339 e. The van der Waals surface area contributed by atoms with Crippen molar-refractivity contribution in [3.05, 3.63) is 70.9 Å². The molecule has 0 saturated heterocycles. The van der Waals surface area contributed by atoms with Crippen LogP contribution in [0.4, 0.5) is 5.69 Å². The van der Waals surface area contributed by atoms with Gasteiger partial charge in [0.1, 0.15) is 0 Å². The lowest BCUT2D eigenvalue weighted by Gasteiger charge is -2.10. The maximum Gasteiger partial charge on any atom is 0.339 e. The van der Waals surface area contributed by atoms with Gasteiger partial charge in [-0.3, -0.25) is 4.79 Å². The number of nitrogens with one attached hydrogen (secondary N) is 1. The number of methoxy groups -OCH3 is 1. The van der Waals surface area contributed by atoms with E-state index in [0.717, 1.165) is 17.0 Å². The molecule has 8 heteroatoms. The second-order valence-electron chi connectivity index (χ2n) is 6.06. The summed E-state index contributed by atoms with van der Waals surface area (Å²) in [6, 6.07) is 15.9. The van der Waals surface area contributed by atoms with Crippen molar-refractivity contribution in [1.29, 1.82) is 0 Å². The van der Waals surface area contributed by atoms with Crippen LogP contribution < -0.4 is 5.32 Å². The zero-order valence-corrected chi connectivity index (χ0v) is 17.4. The molecule has 0 atom stereocenters.